The zero-order valence-electron chi connectivity index (χ0n) is 11.2. The Morgan fingerprint density at radius 1 is 1.42 bits per heavy atom. The number of imide groups is 1. The Morgan fingerprint density at radius 2 is 2.16 bits per heavy atom. The monoisotopic (exact) mass is 262 g/mol. The predicted octanol–water partition coefficient (Wildman–Crippen LogP) is 1.25. The highest BCUT2D eigenvalue weighted by Gasteiger charge is 2.37. The molecule has 102 valence electrons. The molecule has 1 aromatic rings. The van der Waals surface area contributed by atoms with E-state index in [2.05, 4.69) is 12.2 Å². The predicted molar refractivity (Wildman–Crippen MR) is 68.3 cm³/mol. The molecule has 5 nitrogen and oxygen atoms in total. The van der Waals surface area contributed by atoms with Crippen LogP contribution < -0.4 is 5.32 Å². The SMILES string of the molecule is CC1CC1c1ccc(CNC2CC(=O)N(C)C2=O)o1. The number of carbonyl (C=O) groups excluding carboxylic acids is 2. The van der Waals surface area contributed by atoms with E-state index in [1.165, 1.54) is 18.4 Å². The van der Waals surface area contributed by atoms with E-state index in [0.717, 1.165) is 17.4 Å². The number of likely N-dealkylation sites (N-methyl/N-ethyl adjacent to an activating group) is 1. The van der Waals surface area contributed by atoms with Crippen molar-refractivity contribution in [2.75, 3.05) is 7.05 Å². The average molecular weight is 262 g/mol. The minimum atomic E-state index is -0.411. The minimum absolute atomic E-state index is 0.130. The molecule has 0 bridgehead atoms. The van der Waals surface area contributed by atoms with E-state index in [9.17, 15) is 9.59 Å². The lowest BCUT2D eigenvalue weighted by Crippen LogP contribution is -2.36. The summed E-state index contributed by atoms with van der Waals surface area (Å²) in [6.45, 7) is 2.70. The fraction of sp³-hybridized carbons (Fsp3) is 0.571. The van der Waals surface area contributed by atoms with E-state index in [1.807, 2.05) is 12.1 Å². The zero-order chi connectivity index (χ0) is 13.6. The van der Waals surface area contributed by atoms with Gasteiger partial charge < -0.3 is 4.42 Å². The third-order valence-corrected chi connectivity index (χ3v) is 4.06. The van der Waals surface area contributed by atoms with Crippen LogP contribution in [-0.4, -0.2) is 29.8 Å². The maximum absolute atomic E-state index is 11.7. The van der Waals surface area contributed by atoms with Crippen molar-refractivity contribution in [1.82, 2.24) is 10.2 Å². The number of carbonyl (C=O) groups is 2. The van der Waals surface area contributed by atoms with Crippen molar-refractivity contribution in [2.24, 2.45) is 5.92 Å². The molecule has 3 unspecified atom stereocenters. The van der Waals surface area contributed by atoms with Crippen LogP contribution in [0.2, 0.25) is 0 Å². The van der Waals surface area contributed by atoms with Crippen LogP contribution in [-0.2, 0) is 16.1 Å². The first-order valence-electron chi connectivity index (χ1n) is 6.68. The van der Waals surface area contributed by atoms with E-state index in [4.69, 9.17) is 4.42 Å². The number of nitrogens with zero attached hydrogens (tertiary/aromatic N) is 1. The number of furan rings is 1. The van der Waals surface area contributed by atoms with Crippen molar-refractivity contribution in [3.8, 4) is 0 Å². The van der Waals surface area contributed by atoms with Crippen LogP contribution in [0.25, 0.3) is 0 Å². The topological polar surface area (TPSA) is 62.6 Å². The summed E-state index contributed by atoms with van der Waals surface area (Å²) in [5.74, 6) is 2.85. The van der Waals surface area contributed by atoms with Crippen molar-refractivity contribution < 1.29 is 14.0 Å². The Labute approximate surface area is 111 Å². The summed E-state index contributed by atoms with van der Waals surface area (Å²) in [5.41, 5.74) is 0. The number of nitrogens with one attached hydrogen (secondary N) is 1. The second-order valence-electron chi connectivity index (χ2n) is 5.55. The molecule has 1 saturated heterocycles. The molecule has 0 radical (unpaired) electrons. The Balaban J connectivity index is 1.56. The highest BCUT2D eigenvalue weighted by molar-refractivity contribution is 6.05. The van der Waals surface area contributed by atoms with Crippen LogP contribution >= 0.6 is 0 Å². The fourth-order valence-electron chi connectivity index (χ4n) is 2.55. The Hall–Kier alpha value is -1.62. The second-order valence-corrected chi connectivity index (χ2v) is 5.55. The van der Waals surface area contributed by atoms with Gasteiger partial charge >= 0.3 is 0 Å². The summed E-state index contributed by atoms with van der Waals surface area (Å²) in [7, 11) is 1.52. The van der Waals surface area contributed by atoms with Gasteiger partial charge in [0.05, 0.1) is 19.0 Å². The van der Waals surface area contributed by atoms with E-state index in [-0.39, 0.29) is 18.2 Å². The molecule has 0 spiro atoms. The summed E-state index contributed by atoms with van der Waals surface area (Å²) in [6, 6.07) is 3.54. The van der Waals surface area contributed by atoms with E-state index in [1.54, 1.807) is 0 Å². The first kappa shape index (κ1) is 12.4. The normalized spacial score (nSPS) is 30.2. The highest BCUT2D eigenvalue weighted by Crippen LogP contribution is 2.47. The summed E-state index contributed by atoms with van der Waals surface area (Å²) < 4.78 is 5.75. The fourth-order valence-corrected chi connectivity index (χ4v) is 2.55. The van der Waals surface area contributed by atoms with Gasteiger partial charge in [0, 0.05) is 13.0 Å². The summed E-state index contributed by atoms with van der Waals surface area (Å²) >= 11 is 0. The number of hydrogen-bond donors (Lipinski definition) is 1. The number of rotatable bonds is 4. The van der Waals surface area contributed by atoms with Gasteiger partial charge in [0.1, 0.15) is 11.5 Å². The second kappa shape index (κ2) is 4.49. The summed E-state index contributed by atoms with van der Waals surface area (Å²) in [5, 5.41) is 3.09. The van der Waals surface area contributed by atoms with E-state index < -0.39 is 6.04 Å². The van der Waals surface area contributed by atoms with Crippen molar-refractivity contribution in [1.29, 1.82) is 0 Å². The minimum Gasteiger partial charge on any atom is -0.464 e. The maximum atomic E-state index is 11.7. The molecule has 1 N–H and O–H groups in total. The van der Waals surface area contributed by atoms with Gasteiger partial charge in [-0.3, -0.25) is 19.8 Å². The first-order valence-corrected chi connectivity index (χ1v) is 6.68. The standard InChI is InChI=1S/C14H18N2O3/c1-8-5-10(8)12-4-3-9(19-12)7-15-11-6-13(17)16(2)14(11)18/h3-4,8,10-11,15H,5-7H2,1-2H3. The van der Waals surface area contributed by atoms with Crippen molar-refractivity contribution in [2.45, 2.75) is 38.3 Å². The molecule has 19 heavy (non-hydrogen) atoms. The van der Waals surface area contributed by atoms with Gasteiger partial charge in [-0.1, -0.05) is 6.92 Å². The zero-order valence-corrected chi connectivity index (χ0v) is 11.2. The van der Waals surface area contributed by atoms with Crippen LogP contribution in [0.1, 0.15) is 37.2 Å². The third kappa shape index (κ3) is 2.30. The molecule has 0 aromatic carbocycles. The van der Waals surface area contributed by atoms with Gasteiger partial charge in [-0.05, 0) is 24.5 Å². The number of hydrogen-bond acceptors (Lipinski definition) is 4. The molecule has 1 saturated carbocycles. The van der Waals surface area contributed by atoms with Crippen LogP contribution in [0.3, 0.4) is 0 Å². The lowest BCUT2D eigenvalue weighted by atomic mass is 10.2. The third-order valence-electron chi connectivity index (χ3n) is 4.06. The van der Waals surface area contributed by atoms with Crippen molar-refractivity contribution in [3.63, 3.8) is 0 Å². The molecule has 1 aromatic heterocycles. The average Bonchev–Trinajstić information content (AvgIpc) is 2.85. The van der Waals surface area contributed by atoms with Gasteiger partial charge in [-0.2, -0.15) is 0 Å². The molecule has 2 heterocycles. The molecule has 3 atom stereocenters. The van der Waals surface area contributed by atoms with Crippen LogP contribution in [0.15, 0.2) is 16.5 Å². The molecular formula is C14H18N2O3. The van der Waals surface area contributed by atoms with Crippen molar-refractivity contribution in [3.05, 3.63) is 23.7 Å². The van der Waals surface area contributed by atoms with Gasteiger partial charge in [0.25, 0.3) is 0 Å². The number of likely N-dealkylation sites (tertiary alicyclic amines) is 1. The van der Waals surface area contributed by atoms with E-state index in [0.29, 0.717) is 12.5 Å². The molecule has 5 heteroatoms. The maximum Gasteiger partial charge on any atom is 0.246 e. The van der Waals surface area contributed by atoms with Crippen molar-refractivity contribution >= 4 is 11.8 Å². The molecule has 1 aliphatic heterocycles. The van der Waals surface area contributed by atoms with Gasteiger partial charge in [-0.15, -0.1) is 0 Å². The molecule has 2 aliphatic rings. The first-order chi connectivity index (χ1) is 9.06. The molecular weight excluding hydrogens is 244 g/mol. The Kier molecular flexibility index (Phi) is 2.93. The lowest BCUT2D eigenvalue weighted by molar-refractivity contribution is -0.137. The van der Waals surface area contributed by atoms with Crippen LogP contribution in [0.4, 0.5) is 0 Å². The molecule has 3 rings (SSSR count). The molecule has 2 amide bonds. The van der Waals surface area contributed by atoms with Gasteiger partial charge in [-0.25, -0.2) is 0 Å². The largest absolute Gasteiger partial charge is 0.464 e. The quantitative estimate of drug-likeness (QED) is 0.830. The van der Waals surface area contributed by atoms with E-state index >= 15 is 0 Å². The molecule has 1 aliphatic carbocycles. The lowest BCUT2D eigenvalue weighted by Gasteiger charge is -2.09. The summed E-state index contributed by atoms with van der Waals surface area (Å²) in [4.78, 5) is 24.3. The van der Waals surface area contributed by atoms with Gasteiger partial charge in [0.2, 0.25) is 11.8 Å². The molecule has 2 fully saturated rings. The highest BCUT2D eigenvalue weighted by atomic mass is 16.3. The van der Waals surface area contributed by atoms with Gasteiger partial charge in [0.15, 0.2) is 0 Å². The Morgan fingerprint density at radius 3 is 2.74 bits per heavy atom. The summed E-state index contributed by atoms with van der Waals surface area (Å²) in [6.07, 6.45) is 1.43. The smallest absolute Gasteiger partial charge is 0.246 e. The number of amides is 2. The van der Waals surface area contributed by atoms with Crippen LogP contribution in [0.5, 0.6) is 0 Å². The Bertz CT molecular complexity index is 523. The van der Waals surface area contributed by atoms with Crippen LogP contribution in [0, 0.1) is 5.92 Å².